The van der Waals surface area contributed by atoms with Crippen LogP contribution in [-0.2, 0) is 19.4 Å². The molecule has 0 radical (unpaired) electrons. The van der Waals surface area contributed by atoms with Crippen LogP contribution in [0.2, 0.25) is 0 Å². The molecular formula is C19H25N3O5S. The normalized spacial score (nSPS) is 27.2. The number of hydrogen-bond acceptors (Lipinski definition) is 6. The van der Waals surface area contributed by atoms with E-state index in [9.17, 15) is 18.0 Å². The molecule has 1 aromatic carbocycles. The maximum atomic E-state index is 13.0. The molecule has 0 spiro atoms. The number of ether oxygens (including phenoxy) is 1. The molecule has 152 valence electrons. The van der Waals surface area contributed by atoms with E-state index in [0.717, 1.165) is 0 Å². The standard InChI is InChI=1S/C19H25N3O5S/c1-14(23)22-12-18(27-17-5-3-2-4-16(17)22)19(24)21-9-7-20(8-10-21)15-6-11-28(25,26)13-15/h2-5,15,18H,6-13H2,1H3/t15-,18+/m0/s1. The Morgan fingerprint density at radius 3 is 2.46 bits per heavy atom. The van der Waals surface area contributed by atoms with Gasteiger partial charge in [-0.25, -0.2) is 8.42 Å². The van der Waals surface area contributed by atoms with Crippen LogP contribution < -0.4 is 9.64 Å². The molecule has 2 saturated heterocycles. The molecule has 0 aromatic heterocycles. The molecule has 8 nitrogen and oxygen atoms in total. The molecule has 0 saturated carbocycles. The first kappa shape index (κ1) is 19.2. The van der Waals surface area contributed by atoms with Crippen LogP contribution in [0.1, 0.15) is 13.3 Å². The molecule has 9 heteroatoms. The van der Waals surface area contributed by atoms with Gasteiger partial charge in [-0.2, -0.15) is 0 Å². The maximum Gasteiger partial charge on any atom is 0.265 e. The van der Waals surface area contributed by atoms with Crippen molar-refractivity contribution in [1.82, 2.24) is 9.80 Å². The van der Waals surface area contributed by atoms with E-state index in [-0.39, 0.29) is 35.9 Å². The molecule has 3 aliphatic rings. The number of hydrogen-bond donors (Lipinski definition) is 0. The quantitative estimate of drug-likeness (QED) is 0.693. The molecule has 2 amide bonds. The molecule has 3 aliphatic heterocycles. The molecular weight excluding hydrogens is 382 g/mol. The number of benzene rings is 1. The number of rotatable bonds is 2. The van der Waals surface area contributed by atoms with Crippen molar-refractivity contribution in [2.75, 3.05) is 49.1 Å². The van der Waals surface area contributed by atoms with Gasteiger partial charge in [0.05, 0.1) is 23.7 Å². The van der Waals surface area contributed by atoms with Gasteiger partial charge < -0.3 is 14.5 Å². The first-order valence-electron chi connectivity index (χ1n) is 9.61. The monoisotopic (exact) mass is 407 g/mol. The molecule has 1 aromatic rings. The van der Waals surface area contributed by atoms with E-state index in [1.165, 1.54) is 6.92 Å². The molecule has 0 unspecified atom stereocenters. The third-order valence-corrected chi connectivity index (χ3v) is 7.53. The summed E-state index contributed by atoms with van der Waals surface area (Å²) in [5, 5.41) is 0. The van der Waals surface area contributed by atoms with Gasteiger partial charge in [0.1, 0.15) is 5.75 Å². The van der Waals surface area contributed by atoms with Crippen molar-refractivity contribution in [1.29, 1.82) is 0 Å². The highest BCUT2D eigenvalue weighted by atomic mass is 32.2. The number of piperazine rings is 1. The zero-order valence-corrected chi connectivity index (χ0v) is 16.7. The van der Waals surface area contributed by atoms with E-state index in [2.05, 4.69) is 4.90 Å². The lowest BCUT2D eigenvalue weighted by molar-refractivity contribution is -0.140. The van der Waals surface area contributed by atoms with Crippen molar-refractivity contribution in [3.05, 3.63) is 24.3 Å². The maximum absolute atomic E-state index is 13.0. The summed E-state index contributed by atoms with van der Waals surface area (Å²) in [7, 11) is -2.91. The number of nitrogens with zero attached hydrogens (tertiary/aromatic N) is 3. The average Bonchev–Trinajstić information content (AvgIpc) is 3.06. The van der Waals surface area contributed by atoms with Crippen LogP contribution >= 0.6 is 0 Å². The van der Waals surface area contributed by atoms with E-state index in [1.54, 1.807) is 15.9 Å². The second-order valence-electron chi connectivity index (χ2n) is 7.62. The Morgan fingerprint density at radius 1 is 1.11 bits per heavy atom. The van der Waals surface area contributed by atoms with Crippen LogP contribution in [0.5, 0.6) is 5.75 Å². The highest BCUT2D eigenvalue weighted by Gasteiger charge is 2.38. The Bertz CT molecular complexity index is 879. The van der Waals surface area contributed by atoms with Crippen LogP contribution in [-0.4, -0.2) is 86.4 Å². The number of carbonyl (C=O) groups excluding carboxylic acids is 2. The lowest BCUT2D eigenvalue weighted by Gasteiger charge is -2.40. The fourth-order valence-electron chi connectivity index (χ4n) is 4.24. The summed E-state index contributed by atoms with van der Waals surface area (Å²) in [4.78, 5) is 30.6. The Kier molecular flexibility index (Phi) is 5.05. The van der Waals surface area contributed by atoms with Gasteiger partial charge in [0, 0.05) is 39.1 Å². The molecule has 0 aliphatic carbocycles. The lowest BCUT2D eigenvalue weighted by atomic mass is 10.1. The van der Waals surface area contributed by atoms with Crippen molar-refractivity contribution >= 4 is 27.3 Å². The summed E-state index contributed by atoms with van der Waals surface area (Å²) in [5.41, 5.74) is 0.686. The zero-order chi connectivity index (χ0) is 19.9. The second-order valence-corrected chi connectivity index (χ2v) is 9.85. The number of carbonyl (C=O) groups is 2. The summed E-state index contributed by atoms with van der Waals surface area (Å²) in [5.74, 6) is 0.765. The summed E-state index contributed by atoms with van der Waals surface area (Å²) in [6.07, 6.45) is -0.0518. The summed E-state index contributed by atoms with van der Waals surface area (Å²) in [6.45, 7) is 4.08. The fraction of sp³-hybridized carbons (Fsp3) is 0.579. The number of sulfone groups is 1. The minimum absolute atomic E-state index is 0.0632. The van der Waals surface area contributed by atoms with Crippen LogP contribution in [0, 0.1) is 0 Å². The zero-order valence-electron chi connectivity index (χ0n) is 15.9. The largest absolute Gasteiger partial charge is 0.476 e. The van der Waals surface area contributed by atoms with Crippen LogP contribution in [0.15, 0.2) is 24.3 Å². The molecule has 2 fully saturated rings. The van der Waals surface area contributed by atoms with Crippen LogP contribution in [0.3, 0.4) is 0 Å². The minimum atomic E-state index is -2.91. The predicted octanol–water partition coefficient (Wildman–Crippen LogP) is 0.132. The first-order valence-corrected chi connectivity index (χ1v) is 11.4. The van der Waals surface area contributed by atoms with Gasteiger partial charge in [0.25, 0.3) is 5.91 Å². The second kappa shape index (κ2) is 7.36. The van der Waals surface area contributed by atoms with Crippen molar-refractivity contribution in [2.24, 2.45) is 0 Å². The summed E-state index contributed by atoms with van der Waals surface area (Å²) < 4.78 is 29.3. The molecule has 4 rings (SSSR count). The van der Waals surface area contributed by atoms with E-state index in [1.807, 2.05) is 18.2 Å². The van der Waals surface area contributed by atoms with E-state index in [4.69, 9.17) is 4.74 Å². The molecule has 3 heterocycles. The lowest BCUT2D eigenvalue weighted by Crippen LogP contribution is -2.57. The third kappa shape index (κ3) is 3.73. The van der Waals surface area contributed by atoms with Gasteiger partial charge >= 0.3 is 0 Å². The van der Waals surface area contributed by atoms with Crippen molar-refractivity contribution in [2.45, 2.75) is 25.5 Å². The number of anilines is 1. The Morgan fingerprint density at radius 2 is 1.82 bits per heavy atom. The van der Waals surface area contributed by atoms with Gasteiger partial charge in [-0.15, -0.1) is 0 Å². The summed E-state index contributed by atoms with van der Waals surface area (Å²) in [6, 6.07) is 7.30. The van der Waals surface area contributed by atoms with Crippen LogP contribution in [0.4, 0.5) is 5.69 Å². The topological polar surface area (TPSA) is 87.2 Å². The van der Waals surface area contributed by atoms with Gasteiger partial charge in [-0.1, -0.05) is 12.1 Å². The van der Waals surface area contributed by atoms with Gasteiger partial charge in [-0.3, -0.25) is 14.5 Å². The van der Waals surface area contributed by atoms with Gasteiger partial charge in [-0.05, 0) is 18.6 Å². The fourth-order valence-corrected chi connectivity index (χ4v) is 6.00. The van der Waals surface area contributed by atoms with Gasteiger partial charge in [0.15, 0.2) is 15.9 Å². The predicted molar refractivity (Wildman–Crippen MR) is 104 cm³/mol. The van der Waals surface area contributed by atoms with E-state index < -0.39 is 15.9 Å². The molecule has 0 bridgehead atoms. The molecule has 0 N–H and O–H groups in total. The number of para-hydroxylation sites is 2. The third-order valence-electron chi connectivity index (χ3n) is 5.78. The van der Waals surface area contributed by atoms with Crippen molar-refractivity contribution < 1.29 is 22.7 Å². The van der Waals surface area contributed by atoms with Crippen LogP contribution in [0.25, 0.3) is 0 Å². The highest BCUT2D eigenvalue weighted by molar-refractivity contribution is 7.91. The van der Waals surface area contributed by atoms with Gasteiger partial charge in [0.2, 0.25) is 5.91 Å². The Balaban J connectivity index is 1.40. The number of fused-ring (bicyclic) bond motifs is 1. The minimum Gasteiger partial charge on any atom is -0.476 e. The summed E-state index contributed by atoms with van der Waals surface area (Å²) >= 11 is 0. The van der Waals surface area contributed by atoms with E-state index in [0.29, 0.717) is 44.0 Å². The highest BCUT2D eigenvalue weighted by Crippen LogP contribution is 2.33. The molecule has 2 atom stereocenters. The SMILES string of the molecule is CC(=O)N1C[C@H](C(=O)N2CCN([C@H]3CCS(=O)(=O)C3)CC2)Oc2ccccc21. The van der Waals surface area contributed by atoms with Crippen molar-refractivity contribution in [3.63, 3.8) is 0 Å². The first-order chi connectivity index (χ1) is 13.3. The molecule has 28 heavy (non-hydrogen) atoms. The Labute approximate surface area is 164 Å². The smallest absolute Gasteiger partial charge is 0.265 e. The Hall–Kier alpha value is -2.13. The average molecular weight is 407 g/mol. The van der Waals surface area contributed by atoms with E-state index >= 15 is 0 Å². The van der Waals surface area contributed by atoms with Crippen molar-refractivity contribution in [3.8, 4) is 5.75 Å². The number of amides is 2.